The summed E-state index contributed by atoms with van der Waals surface area (Å²) in [4.78, 5) is 13.2. The van der Waals surface area contributed by atoms with E-state index in [0.29, 0.717) is 45.0 Å². The van der Waals surface area contributed by atoms with Crippen molar-refractivity contribution >= 4 is 32.6 Å². The molecule has 1 amide bonds. The first-order valence-corrected chi connectivity index (χ1v) is 16.3. The predicted molar refractivity (Wildman–Crippen MR) is 164 cm³/mol. The third-order valence-corrected chi connectivity index (χ3v) is 8.85. The number of nitrogens with zero attached hydrogens (tertiary/aromatic N) is 1. The van der Waals surface area contributed by atoms with E-state index in [4.69, 9.17) is 9.15 Å². The first-order valence-electron chi connectivity index (χ1n) is 14.5. The van der Waals surface area contributed by atoms with Crippen LogP contribution in [0.5, 0.6) is 11.5 Å². The Bertz CT molecular complexity index is 1670. The fourth-order valence-corrected chi connectivity index (χ4v) is 6.89. The van der Waals surface area contributed by atoms with Crippen molar-refractivity contribution in [2.45, 2.75) is 64.3 Å². The van der Waals surface area contributed by atoms with Gasteiger partial charge in [-0.25, -0.2) is 12.8 Å². The highest BCUT2D eigenvalue weighted by Gasteiger charge is 2.35. The van der Waals surface area contributed by atoms with E-state index in [1.807, 2.05) is 12.1 Å². The molecule has 1 heterocycles. The fourth-order valence-electron chi connectivity index (χ4n) is 5.62. The quantitative estimate of drug-likeness (QED) is 0.180. The van der Waals surface area contributed by atoms with E-state index >= 15 is 0 Å². The molecule has 0 saturated heterocycles. The topological polar surface area (TPSA) is 88.8 Å². The molecule has 4 aromatic rings. The number of nitrogens with one attached hydrogen (secondary N) is 1. The van der Waals surface area contributed by atoms with Crippen LogP contribution in [0.1, 0.15) is 74.2 Å². The Morgan fingerprint density at radius 1 is 1.02 bits per heavy atom. The molecular formula is C33H37FN2O5S. The third-order valence-electron chi connectivity index (χ3n) is 7.64. The average molecular weight is 593 g/mol. The zero-order chi connectivity index (χ0) is 30.0. The molecule has 3 aromatic carbocycles. The largest absolute Gasteiger partial charge is 0.457 e. The molecule has 1 fully saturated rings. The van der Waals surface area contributed by atoms with Crippen molar-refractivity contribution in [3.63, 3.8) is 0 Å². The van der Waals surface area contributed by atoms with E-state index in [-0.39, 0.29) is 23.7 Å². The van der Waals surface area contributed by atoms with Crippen LogP contribution in [-0.4, -0.2) is 33.7 Å². The molecule has 0 unspecified atom stereocenters. The summed E-state index contributed by atoms with van der Waals surface area (Å²) >= 11 is 0. The molecule has 0 atom stereocenters. The normalized spacial score (nSPS) is 13.5. The van der Waals surface area contributed by atoms with Gasteiger partial charge in [-0.3, -0.25) is 9.10 Å². The molecule has 222 valence electrons. The molecule has 0 bridgehead atoms. The lowest BCUT2D eigenvalue weighted by atomic mass is 9.99. The van der Waals surface area contributed by atoms with Crippen molar-refractivity contribution in [2.24, 2.45) is 0 Å². The van der Waals surface area contributed by atoms with Crippen LogP contribution in [-0.2, 0) is 10.0 Å². The molecule has 9 heteroatoms. The minimum absolute atomic E-state index is 0.161. The monoisotopic (exact) mass is 592 g/mol. The Hall–Kier alpha value is -3.85. The molecule has 0 aliphatic heterocycles. The van der Waals surface area contributed by atoms with Gasteiger partial charge < -0.3 is 14.5 Å². The number of carbonyl (C=O) groups is 1. The van der Waals surface area contributed by atoms with E-state index in [1.54, 1.807) is 47.8 Å². The SMILES string of the molecule is CCCC(CCC)N(c1cc2oc(-c3ccc(Oc4ccc(F)cc4)cc3)c(C(=O)NC)c2cc1C1CC1)S(C)(=O)=O. The number of carbonyl (C=O) groups excluding carboxylic acids is 1. The molecule has 1 N–H and O–H groups in total. The van der Waals surface area contributed by atoms with Crippen LogP contribution in [0.2, 0.25) is 0 Å². The Balaban J connectivity index is 1.63. The zero-order valence-electron chi connectivity index (χ0n) is 24.4. The molecule has 1 saturated carbocycles. The van der Waals surface area contributed by atoms with Crippen LogP contribution >= 0.6 is 0 Å². The molecule has 42 heavy (non-hydrogen) atoms. The highest BCUT2D eigenvalue weighted by atomic mass is 32.2. The summed E-state index contributed by atoms with van der Waals surface area (Å²) in [6, 6.07) is 16.5. The lowest BCUT2D eigenvalue weighted by Gasteiger charge is -2.33. The zero-order valence-corrected chi connectivity index (χ0v) is 25.3. The standard InChI is InChI=1S/C33H37FN2O5S/c1-5-7-24(8-6-2)36(42(4,38)39)29-20-30-28(19-27(29)21-9-10-21)31(33(37)35-3)32(41-30)22-11-15-25(16-12-22)40-26-17-13-23(34)14-18-26/h11-21,24H,5-10H2,1-4H3,(H,35,37). The number of ether oxygens (including phenoxy) is 1. The number of rotatable bonds is 12. The van der Waals surface area contributed by atoms with Gasteiger partial charge in [-0.05, 0) is 91.8 Å². The van der Waals surface area contributed by atoms with Gasteiger partial charge in [-0.1, -0.05) is 26.7 Å². The highest BCUT2D eigenvalue weighted by Crippen LogP contribution is 2.48. The Morgan fingerprint density at radius 3 is 2.14 bits per heavy atom. The summed E-state index contributed by atoms with van der Waals surface area (Å²) in [6.07, 6.45) is 6.44. The van der Waals surface area contributed by atoms with Crippen molar-refractivity contribution in [1.29, 1.82) is 0 Å². The van der Waals surface area contributed by atoms with Gasteiger partial charge in [0.25, 0.3) is 5.91 Å². The van der Waals surface area contributed by atoms with Crippen LogP contribution in [0.15, 0.2) is 65.1 Å². The van der Waals surface area contributed by atoms with Gasteiger partial charge in [0, 0.05) is 30.1 Å². The highest BCUT2D eigenvalue weighted by molar-refractivity contribution is 7.92. The van der Waals surface area contributed by atoms with Gasteiger partial charge in [0.15, 0.2) is 0 Å². The first-order chi connectivity index (χ1) is 20.1. The van der Waals surface area contributed by atoms with Crippen LogP contribution in [0.3, 0.4) is 0 Å². The molecule has 0 spiro atoms. The maximum atomic E-state index is 13.3. The summed E-state index contributed by atoms with van der Waals surface area (Å²) in [6.45, 7) is 4.14. The van der Waals surface area contributed by atoms with E-state index in [2.05, 4.69) is 19.2 Å². The molecule has 7 nitrogen and oxygen atoms in total. The summed E-state index contributed by atoms with van der Waals surface area (Å²) in [7, 11) is -2.01. The minimum Gasteiger partial charge on any atom is -0.457 e. The number of amides is 1. The Labute approximate surface area is 246 Å². The van der Waals surface area contributed by atoms with E-state index in [1.165, 1.54) is 18.4 Å². The summed E-state index contributed by atoms with van der Waals surface area (Å²) in [5.41, 5.74) is 3.10. The number of benzene rings is 3. The van der Waals surface area contributed by atoms with Gasteiger partial charge >= 0.3 is 0 Å². The maximum absolute atomic E-state index is 13.3. The Kier molecular flexibility index (Phi) is 8.59. The average Bonchev–Trinajstić information content (AvgIpc) is 3.74. The van der Waals surface area contributed by atoms with E-state index in [0.717, 1.165) is 44.1 Å². The van der Waals surface area contributed by atoms with E-state index in [9.17, 15) is 17.6 Å². The molecule has 1 aliphatic rings. The second-order valence-corrected chi connectivity index (χ2v) is 12.8. The molecular weight excluding hydrogens is 555 g/mol. The molecule has 5 rings (SSSR count). The minimum atomic E-state index is -3.59. The first kappa shape index (κ1) is 29.6. The molecule has 1 aromatic heterocycles. The number of halogens is 1. The summed E-state index contributed by atoms with van der Waals surface area (Å²) in [5.74, 6) is 1.03. The van der Waals surface area contributed by atoms with Crippen LogP contribution in [0.25, 0.3) is 22.3 Å². The smallest absolute Gasteiger partial charge is 0.255 e. The number of hydrogen-bond donors (Lipinski definition) is 1. The Morgan fingerprint density at radius 2 is 1.62 bits per heavy atom. The fraction of sp³-hybridized carbons (Fsp3) is 0.364. The lowest BCUT2D eigenvalue weighted by Crippen LogP contribution is -2.40. The van der Waals surface area contributed by atoms with Gasteiger partial charge in [-0.2, -0.15) is 0 Å². The van der Waals surface area contributed by atoms with Gasteiger partial charge in [0.05, 0.1) is 17.5 Å². The maximum Gasteiger partial charge on any atom is 0.255 e. The lowest BCUT2D eigenvalue weighted by molar-refractivity contribution is 0.0964. The number of sulfonamides is 1. The predicted octanol–water partition coefficient (Wildman–Crippen LogP) is 8.00. The van der Waals surface area contributed by atoms with Crippen molar-refractivity contribution in [1.82, 2.24) is 5.32 Å². The van der Waals surface area contributed by atoms with Gasteiger partial charge in [-0.15, -0.1) is 0 Å². The van der Waals surface area contributed by atoms with Crippen molar-refractivity contribution in [3.8, 4) is 22.8 Å². The van der Waals surface area contributed by atoms with Gasteiger partial charge in [0.1, 0.15) is 28.7 Å². The van der Waals surface area contributed by atoms with Crippen LogP contribution in [0.4, 0.5) is 10.1 Å². The van der Waals surface area contributed by atoms with Crippen molar-refractivity contribution in [3.05, 3.63) is 77.6 Å². The molecule has 0 radical (unpaired) electrons. The van der Waals surface area contributed by atoms with Crippen LogP contribution < -0.4 is 14.4 Å². The third kappa shape index (κ3) is 6.16. The van der Waals surface area contributed by atoms with Crippen molar-refractivity contribution < 1.29 is 26.8 Å². The second kappa shape index (κ2) is 12.2. The summed E-state index contributed by atoms with van der Waals surface area (Å²) in [5, 5.41) is 3.39. The molecule has 1 aliphatic carbocycles. The second-order valence-electron chi connectivity index (χ2n) is 10.9. The number of furan rings is 1. The number of anilines is 1. The summed E-state index contributed by atoms with van der Waals surface area (Å²) < 4.78 is 53.6. The van der Waals surface area contributed by atoms with E-state index < -0.39 is 10.0 Å². The number of fused-ring (bicyclic) bond motifs is 1. The van der Waals surface area contributed by atoms with Crippen molar-refractivity contribution in [2.75, 3.05) is 17.6 Å². The van der Waals surface area contributed by atoms with Crippen LogP contribution in [0, 0.1) is 5.82 Å². The number of hydrogen-bond acceptors (Lipinski definition) is 5. The van der Waals surface area contributed by atoms with Gasteiger partial charge in [0.2, 0.25) is 10.0 Å².